The zero-order valence-electron chi connectivity index (χ0n) is 12.5. The van der Waals surface area contributed by atoms with E-state index >= 15 is 0 Å². The molecular weight excluding hydrogens is 252 g/mol. The third-order valence-electron chi connectivity index (χ3n) is 3.60. The molecule has 2 N–H and O–H groups in total. The monoisotopic (exact) mass is 272 g/mol. The van der Waals surface area contributed by atoms with Gasteiger partial charge in [0.2, 0.25) is 0 Å². The van der Waals surface area contributed by atoms with Gasteiger partial charge < -0.3 is 14.9 Å². The van der Waals surface area contributed by atoms with E-state index in [1.807, 2.05) is 33.8 Å². The quantitative estimate of drug-likeness (QED) is 0.868. The molecule has 0 spiro atoms. The molecule has 0 saturated carbocycles. The molecule has 2 aromatic rings. The molecule has 0 atom stereocenters. The summed E-state index contributed by atoms with van der Waals surface area (Å²) < 4.78 is 5.40. The minimum atomic E-state index is 0.156. The maximum absolute atomic E-state index is 10.3. The molecule has 2 aromatic carbocycles. The van der Waals surface area contributed by atoms with Gasteiger partial charge in [0.15, 0.2) is 0 Å². The highest BCUT2D eigenvalue weighted by molar-refractivity contribution is 5.83. The Hall–Kier alpha value is -2.16. The van der Waals surface area contributed by atoms with Gasteiger partial charge >= 0.3 is 0 Å². The van der Waals surface area contributed by atoms with Crippen molar-refractivity contribution in [3.8, 4) is 28.4 Å². The molecule has 0 aliphatic carbocycles. The Morgan fingerprint density at radius 3 is 1.95 bits per heavy atom. The van der Waals surface area contributed by atoms with Gasteiger partial charge in [-0.25, -0.2) is 0 Å². The minimum absolute atomic E-state index is 0.156. The highest BCUT2D eigenvalue weighted by atomic mass is 16.5. The summed E-state index contributed by atoms with van der Waals surface area (Å²) in [6.07, 6.45) is 0. The predicted molar refractivity (Wildman–Crippen MR) is 80.7 cm³/mol. The number of methoxy groups -OCH3 is 1. The molecule has 0 amide bonds. The Balaban J connectivity index is 2.83. The van der Waals surface area contributed by atoms with Gasteiger partial charge in [-0.3, -0.25) is 0 Å². The van der Waals surface area contributed by atoms with E-state index in [-0.39, 0.29) is 11.5 Å². The Bertz CT molecular complexity index is 649. The molecule has 0 bridgehead atoms. The molecular formula is C17H20O3. The molecule has 0 unspecified atom stereocenters. The summed E-state index contributed by atoms with van der Waals surface area (Å²) in [6, 6.07) is 5.35. The third-order valence-corrected chi connectivity index (χ3v) is 3.60. The lowest BCUT2D eigenvalue weighted by Gasteiger charge is -2.18. The van der Waals surface area contributed by atoms with Gasteiger partial charge in [-0.05, 0) is 56.5 Å². The molecule has 0 aliphatic rings. The fourth-order valence-corrected chi connectivity index (χ4v) is 2.84. The molecule has 0 fully saturated rings. The first kappa shape index (κ1) is 14.3. The number of phenols is 2. The number of aromatic hydroxyl groups is 2. The van der Waals surface area contributed by atoms with Crippen molar-refractivity contribution in [1.82, 2.24) is 0 Å². The lowest BCUT2D eigenvalue weighted by Crippen LogP contribution is -1.96. The van der Waals surface area contributed by atoms with Crippen LogP contribution in [-0.2, 0) is 0 Å². The Kier molecular flexibility index (Phi) is 3.62. The van der Waals surface area contributed by atoms with Crippen molar-refractivity contribution in [2.45, 2.75) is 27.7 Å². The lowest BCUT2D eigenvalue weighted by atomic mass is 9.91. The molecule has 106 valence electrons. The standard InChI is InChI=1S/C17H20O3/c1-9-6-10(2)15(13(18)7-9)16-12(4)17(20-5)11(3)8-14(16)19/h6-8,18-19H,1-5H3. The van der Waals surface area contributed by atoms with Gasteiger partial charge in [-0.1, -0.05) is 6.07 Å². The fraction of sp³-hybridized carbons (Fsp3) is 0.294. The Morgan fingerprint density at radius 1 is 0.800 bits per heavy atom. The average Bonchev–Trinajstić information content (AvgIpc) is 2.32. The van der Waals surface area contributed by atoms with Crippen LogP contribution in [0.25, 0.3) is 11.1 Å². The first-order valence-corrected chi connectivity index (χ1v) is 6.54. The van der Waals surface area contributed by atoms with E-state index in [9.17, 15) is 10.2 Å². The zero-order valence-corrected chi connectivity index (χ0v) is 12.5. The maximum atomic E-state index is 10.3. The first-order valence-electron chi connectivity index (χ1n) is 6.54. The summed E-state index contributed by atoms with van der Waals surface area (Å²) in [5.74, 6) is 1.06. The number of hydrogen-bond donors (Lipinski definition) is 2. The molecule has 3 nitrogen and oxygen atoms in total. The van der Waals surface area contributed by atoms with E-state index in [4.69, 9.17) is 4.74 Å². The van der Waals surface area contributed by atoms with Crippen LogP contribution in [0.3, 0.4) is 0 Å². The second-order valence-corrected chi connectivity index (χ2v) is 5.22. The average molecular weight is 272 g/mol. The van der Waals surface area contributed by atoms with Gasteiger partial charge in [-0.15, -0.1) is 0 Å². The summed E-state index contributed by atoms with van der Waals surface area (Å²) in [4.78, 5) is 0. The molecule has 0 aromatic heterocycles. The van der Waals surface area contributed by atoms with Crippen LogP contribution in [0.5, 0.6) is 17.2 Å². The van der Waals surface area contributed by atoms with Gasteiger partial charge in [0.1, 0.15) is 17.2 Å². The van der Waals surface area contributed by atoms with Crippen molar-refractivity contribution < 1.29 is 14.9 Å². The van der Waals surface area contributed by atoms with Gasteiger partial charge in [0.05, 0.1) is 7.11 Å². The van der Waals surface area contributed by atoms with Crippen molar-refractivity contribution in [3.63, 3.8) is 0 Å². The number of ether oxygens (including phenoxy) is 1. The minimum Gasteiger partial charge on any atom is -0.507 e. The van der Waals surface area contributed by atoms with Crippen molar-refractivity contribution in [2.24, 2.45) is 0 Å². The fourth-order valence-electron chi connectivity index (χ4n) is 2.84. The van der Waals surface area contributed by atoms with Crippen LogP contribution in [0.4, 0.5) is 0 Å². The van der Waals surface area contributed by atoms with E-state index in [1.54, 1.807) is 19.2 Å². The predicted octanol–water partition coefficient (Wildman–Crippen LogP) is 4.01. The zero-order chi connectivity index (χ0) is 15.0. The molecule has 0 radical (unpaired) electrons. The highest BCUT2D eigenvalue weighted by Gasteiger charge is 2.19. The van der Waals surface area contributed by atoms with Gasteiger partial charge in [-0.2, -0.15) is 0 Å². The number of benzene rings is 2. The maximum Gasteiger partial charge on any atom is 0.125 e. The van der Waals surface area contributed by atoms with Crippen molar-refractivity contribution >= 4 is 0 Å². The topological polar surface area (TPSA) is 49.7 Å². The van der Waals surface area contributed by atoms with Crippen molar-refractivity contribution in [1.29, 1.82) is 0 Å². The number of rotatable bonds is 2. The summed E-state index contributed by atoms with van der Waals surface area (Å²) in [5, 5.41) is 20.6. The molecule has 0 aliphatic heterocycles. The molecule has 2 rings (SSSR count). The van der Waals surface area contributed by atoms with E-state index < -0.39 is 0 Å². The van der Waals surface area contributed by atoms with E-state index in [0.717, 1.165) is 28.0 Å². The van der Waals surface area contributed by atoms with Crippen LogP contribution in [0, 0.1) is 27.7 Å². The largest absolute Gasteiger partial charge is 0.507 e. The summed E-state index contributed by atoms with van der Waals surface area (Å²) >= 11 is 0. The Morgan fingerprint density at radius 2 is 1.40 bits per heavy atom. The first-order chi connectivity index (χ1) is 9.36. The molecule has 0 saturated heterocycles. The SMILES string of the molecule is COc1c(C)cc(O)c(-c2c(C)cc(C)cc2O)c1C. The highest BCUT2D eigenvalue weighted by Crippen LogP contribution is 2.44. The molecule has 0 heterocycles. The number of phenolic OH excluding ortho intramolecular Hbond substituents is 2. The van der Waals surface area contributed by atoms with E-state index in [0.29, 0.717) is 11.1 Å². The smallest absolute Gasteiger partial charge is 0.125 e. The second-order valence-electron chi connectivity index (χ2n) is 5.22. The van der Waals surface area contributed by atoms with Crippen LogP contribution < -0.4 is 4.74 Å². The van der Waals surface area contributed by atoms with Crippen LogP contribution in [0.2, 0.25) is 0 Å². The lowest BCUT2D eigenvalue weighted by molar-refractivity contribution is 0.406. The van der Waals surface area contributed by atoms with Crippen molar-refractivity contribution in [3.05, 3.63) is 40.5 Å². The molecule has 3 heteroatoms. The second kappa shape index (κ2) is 5.08. The summed E-state index contributed by atoms with van der Waals surface area (Å²) in [7, 11) is 1.61. The number of aryl methyl sites for hydroxylation is 3. The Labute approximate surface area is 119 Å². The van der Waals surface area contributed by atoms with Crippen LogP contribution in [-0.4, -0.2) is 17.3 Å². The van der Waals surface area contributed by atoms with Crippen LogP contribution >= 0.6 is 0 Å². The van der Waals surface area contributed by atoms with E-state index in [1.165, 1.54) is 0 Å². The summed E-state index contributed by atoms with van der Waals surface area (Å²) in [6.45, 7) is 7.63. The van der Waals surface area contributed by atoms with E-state index in [2.05, 4.69) is 0 Å². The summed E-state index contributed by atoms with van der Waals surface area (Å²) in [5.41, 5.74) is 4.89. The van der Waals surface area contributed by atoms with Crippen LogP contribution in [0.15, 0.2) is 18.2 Å². The van der Waals surface area contributed by atoms with Crippen LogP contribution in [0.1, 0.15) is 22.3 Å². The number of hydrogen-bond acceptors (Lipinski definition) is 3. The molecule has 20 heavy (non-hydrogen) atoms. The normalized spacial score (nSPS) is 10.7. The van der Waals surface area contributed by atoms with Gasteiger partial charge in [0, 0.05) is 16.7 Å². The third kappa shape index (κ3) is 2.20. The van der Waals surface area contributed by atoms with Crippen molar-refractivity contribution in [2.75, 3.05) is 7.11 Å². The van der Waals surface area contributed by atoms with Gasteiger partial charge in [0.25, 0.3) is 0 Å².